The first-order valence-corrected chi connectivity index (χ1v) is 6.24. The third-order valence-electron chi connectivity index (χ3n) is 2.60. The first-order chi connectivity index (χ1) is 9.70. The summed E-state index contributed by atoms with van der Waals surface area (Å²) in [6.07, 6.45) is 3.50. The lowest BCUT2D eigenvalue weighted by Crippen LogP contribution is -2.30. The molecule has 1 aromatic heterocycles. The number of nitrogens with zero attached hydrogens (tertiary/aromatic N) is 2. The zero-order valence-corrected chi connectivity index (χ0v) is 11.1. The number of amides is 1. The lowest BCUT2D eigenvalue weighted by atomic mass is 10.2. The van der Waals surface area contributed by atoms with Crippen LogP contribution in [-0.4, -0.2) is 34.8 Å². The van der Waals surface area contributed by atoms with Crippen molar-refractivity contribution in [3.05, 3.63) is 48.3 Å². The van der Waals surface area contributed by atoms with Crippen molar-refractivity contribution in [2.24, 2.45) is 0 Å². The molecule has 0 unspecified atom stereocenters. The molecule has 0 aliphatic heterocycles. The van der Waals surface area contributed by atoms with Crippen LogP contribution in [0.25, 0.3) is 5.69 Å². The molecule has 1 N–H and O–H groups in total. The number of hydrogen-bond acceptors (Lipinski definition) is 4. The third-order valence-corrected chi connectivity index (χ3v) is 2.60. The maximum absolute atomic E-state index is 11.8. The van der Waals surface area contributed by atoms with Gasteiger partial charge in [0.2, 0.25) is 0 Å². The van der Waals surface area contributed by atoms with Gasteiger partial charge in [-0.1, -0.05) is 0 Å². The molecular formula is C14H15N3O3. The lowest BCUT2D eigenvalue weighted by molar-refractivity contribution is -0.141. The van der Waals surface area contributed by atoms with E-state index in [1.54, 1.807) is 42.1 Å². The van der Waals surface area contributed by atoms with Crippen molar-refractivity contribution in [3.63, 3.8) is 0 Å². The van der Waals surface area contributed by atoms with E-state index in [4.69, 9.17) is 4.74 Å². The Morgan fingerprint density at radius 3 is 2.65 bits per heavy atom. The van der Waals surface area contributed by atoms with E-state index in [2.05, 4.69) is 10.4 Å². The zero-order valence-electron chi connectivity index (χ0n) is 11.1. The Kier molecular flexibility index (Phi) is 4.49. The first kappa shape index (κ1) is 13.8. The zero-order chi connectivity index (χ0) is 14.4. The molecule has 2 rings (SSSR count). The molecule has 0 fully saturated rings. The molecule has 1 amide bonds. The number of benzene rings is 1. The summed E-state index contributed by atoms with van der Waals surface area (Å²) in [4.78, 5) is 22.9. The van der Waals surface area contributed by atoms with Crippen LogP contribution in [0.1, 0.15) is 17.3 Å². The van der Waals surface area contributed by atoms with Gasteiger partial charge < -0.3 is 10.1 Å². The highest BCUT2D eigenvalue weighted by molar-refractivity contribution is 5.96. The van der Waals surface area contributed by atoms with Crippen LogP contribution in [0, 0.1) is 0 Å². The Morgan fingerprint density at radius 1 is 1.30 bits per heavy atom. The Morgan fingerprint density at radius 2 is 2.05 bits per heavy atom. The summed E-state index contributed by atoms with van der Waals surface area (Å²) in [7, 11) is 0. The molecule has 0 atom stereocenters. The van der Waals surface area contributed by atoms with Gasteiger partial charge in [0.15, 0.2) is 0 Å². The van der Waals surface area contributed by atoms with E-state index in [-0.39, 0.29) is 12.5 Å². The molecular weight excluding hydrogens is 258 g/mol. The summed E-state index contributed by atoms with van der Waals surface area (Å²) < 4.78 is 6.43. The van der Waals surface area contributed by atoms with Crippen LogP contribution in [0.3, 0.4) is 0 Å². The molecule has 0 saturated heterocycles. The Balaban J connectivity index is 1.96. The van der Waals surface area contributed by atoms with Crippen LogP contribution in [0.5, 0.6) is 0 Å². The number of aromatic nitrogens is 2. The smallest absolute Gasteiger partial charge is 0.325 e. The van der Waals surface area contributed by atoms with Gasteiger partial charge in [0.1, 0.15) is 6.54 Å². The fourth-order valence-corrected chi connectivity index (χ4v) is 1.65. The van der Waals surface area contributed by atoms with Gasteiger partial charge in [-0.3, -0.25) is 9.59 Å². The minimum atomic E-state index is -0.450. The number of rotatable bonds is 5. The van der Waals surface area contributed by atoms with Crippen LogP contribution in [-0.2, 0) is 9.53 Å². The third kappa shape index (κ3) is 3.44. The summed E-state index contributed by atoms with van der Waals surface area (Å²) in [6, 6.07) is 8.74. The van der Waals surface area contributed by atoms with Gasteiger partial charge >= 0.3 is 5.97 Å². The number of carbonyl (C=O) groups excluding carboxylic acids is 2. The van der Waals surface area contributed by atoms with Crippen molar-refractivity contribution in [3.8, 4) is 5.69 Å². The first-order valence-electron chi connectivity index (χ1n) is 6.24. The van der Waals surface area contributed by atoms with Crippen molar-refractivity contribution < 1.29 is 14.3 Å². The van der Waals surface area contributed by atoms with Crippen LogP contribution in [0.15, 0.2) is 42.7 Å². The molecule has 2 aromatic rings. The van der Waals surface area contributed by atoms with Gasteiger partial charge in [0.25, 0.3) is 5.91 Å². The van der Waals surface area contributed by atoms with E-state index >= 15 is 0 Å². The van der Waals surface area contributed by atoms with Crippen molar-refractivity contribution in [2.75, 3.05) is 13.2 Å². The van der Waals surface area contributed by atoms with Gasteiger partial charge in [0.05, 0.1) is 12.3 Å². The monoisotopic (exact) mass is 273 g/mol. The van der Waals surface area contributed by atoms with Gasteiger partial charge in [-0.2, -0.15) is 5.10 Å². The fourth-order valence-electron chi connectivity index (χ4n) is 1.65. The van der Waals surface area contributed by atoms with E-state index in [9.17, 15) is 9.59 Å². The average Bonchev–Trinajstić information content (AvgIpc) is 2.99. The molecule has 0 aliphatic carbocycles. The van der Waals surface area contributed by atoms with Crippen LogP contribution in [0.2, 0.25) is 0 Å². The molecule has 0 spiro atoms. The second kappa shape index (κ2) is 6.51. The quantitative estimate of drug-likeness (QED) is 0.830. The second-order valence-corrected chi connectivity index (χ2v) is 3.99. The van der Waals surface area contributed by atoms with E-state index in [1.807, 2.05) is 12.3 Å². The largest absolute Gasteiger partial charge is 0.465 e. The SMILES string of the molecule is CCOC(=O)CNC(=O)c1ccc(-n2cccn2)cc1. The Labute approximate surface area is 116 Å². The topological polar surface area (TPSA) is 73.2 Å². The van der Waals surface area contributed by atoms with E-state index in [0.717, 1.165) is 5.69 Å². The lowest BCUT2D eigenvalue weighted by Gasteiger charge is -2.06. The Hall–Kier alpha value is -2.63. The highest BCUT2D eigenvalue weighted by Crippen LogP contribution is 2.08. The molecule has 0 saturated carbocycles. The van der Waals surface area contributed by atoms with Crippen molar-refractivity contribution in [1.29, 1.82) is 0 Å². The van der Waals surface area contributed by atoms with Crippen molar-refractivity contribution in [2.45, 2.75) is 6.92 Å². The normalized spacial score (nSPS) is 10.1. The molecule has 6 heteroatoms. The van der Waals surface area contributed by atoms with Crippen LogP contribution < -0.4 is 5.32 Å². The molecule has 1 aromatic carbocycles. The van der Waals surface area contributed by atoms with Gasteiger partial charge in [0, 0.05) is 18.0 Å². The van der Waals surface area contributed by atoms with E-state index in [0.29, 0.717) is 12.2 Å². The molecule has 20 heavy (non-hydrogen) atoms. The number of ether oxygens (including phenoxy) is 1. The molecule has 0 bridgehead atoms. The van der Waals surface area contributed by atoms with Gasteiger partial charge in [-0.05, 0) is 37.3 Å². The summed E-state index contributed by atoms with van der Waals surface area (Å²) in [6.45, 7) is 1.88. The molecule has 0 radical (unpaired) electrons. The average molecular weight is 273 g/mol. The number of esters is 1. The predicted octanol–water partition coefficient (Wildman–Crippen LogP) is 1.17. The highest BCUT2D eigenvalue weighted by atomic mass is 16.5. The molecule has 0 aliphatic rings. The maximum Gasteiger partial charge on any atom is 0.325 e. The summed E-state index contributed by atoms with van der Waals surface area (Å²) in [5.41, 5.74) is 1.34. The van der Waals surface area contributed by atoms with Gasteiger partial charge in [-0.25, -0.2) is 4.68 Å². The molecule has 104 valence electrons. The molecule has 1 heterocycles. The van der Waals surface area contributed by atoms with E-state index in [1.165, 1.54) is 0 Å². The number of hydrogen-bond donors (Lipinski definition) is 1. The van der Waals surface area contributed by atoms with Crippen molar-refractivity contribution in [1.82, 2.24) is 15.1 Å². The van der Waals surface area contributed by atoms with Gasteiger partial charge in [-0.15, -0.1) is 0 Å². The van der Waals surface area contributed by atoms with Crippen LogP contribution in [0.4, 0.5) is 0 Å². The standard InChI is InChI=1S/C14H15N3O3/c1-2-20-13(18)10-15-14(19)11-4-6-12(7-5-11)17-9-3-8-16-17/h3-9H,2,10H2,1H3,(H,15,19). The van der Waals surface area contributed by atoms with Crippen LogP contribution >= 0.6 is 0 Å². The molecule has 6 nitrogen and oxygen atoms in total. The Bertz CT molecular complexity index is 576. The maximum atomic E-state index is 11.8. The van der Waals surface area contributed by atoms with Crippen molar-refractivity contribution >= 4 is 11.9 Å². The summed E-state index contributed by atoms with van der Waals surface area (Å²) >= 11 is 0. The second-order valence-electron chi connectivity index (χ2n) is 3.99. The summed E-state index contributed by atoms with van der Waals surface area (Å²) in [5.74, 6) is -0.765. The minimum Gasteiger partial charge on any atom is -0.465 e. The number of carbonyl (C=O) groups is 2. The predicted molar refractivity (Wildman–Crippen MR) is 72.5 cm³/mol. The number of nitrogens with one attached hydrogen (secondary N) is 1. The van der Waals surface area contributed by atoms with E-state index < -0.39 is 5.97 Å². The highest BCUT2D eigenvalue weighted by Gasteiger charge is 2.08. The minimum absolute atomic E-state index is 0.131. The summed E-state index contributed by atoms with van der Waals surface area (Å²) in [5, 5.41) is 6.60. The fraction of sp³-hybridized carbons (Fsp3) is 0.214.